The third-order valence-electron chi connectivity index (χ3n) is 3.61. The third kappa shape index (κ3) is 5.14. The summed E-state index contributed by atoms with van der Waals surface area (Å²) in [4.78, 5) is 2.34. The summed E-state index contributed by atoms with van der Waals surface area (Å²) in [7, 11) is 3.93. The summed E-state index contributed by atoms with van der Waals surface area (Å²) in [6, 6.07) is 9.17. The van der Waals surface area contributed by atoms with Crippen molar-refractivity contribution >= 4 is 5.69 Å². The molecule has 0 aliphatic heterocycles. The molecule has 1 atom stereocenters. The van der Waals surface area contributed by atoms with Crippen molar-refractivity contribution in [2.24, 2.45) is 0 Å². The minimum absolute atomic E-state index is 0.441. The first-order valence-electron chi connectivity index (χ1n) is 7.76. The van der Waals surface area contributed by atoms with E-state index in [0.29, 0.717) is 6.04 Å². The first kappa shape index (κ1) is 17.0. The van der Waals surface area contributed by atoms with Crippen LogP contribution in [0.1, 0.15) is 44.7 Å². The zero-order chi connectivity index (χ0) is 14.8. The van der Waals surface area contributed by atoms with Gasteiger partial charge in [0.2, 0.25) is 0 Å². The van der Waals surface area contributed by atoms with Crippen LogP contribution < -0.4 is 10.2 Å². The number of hydrogen-bond donors (Lipinski definition) is 1. The predicted molar refractivity (Wildman–Crippen MR) is 87.5 cm³/mol. The van der Waals surface area contributed by atoms with Gasteiger partial charge in [-0.3, -0.25) is 0 Å². The molecule has 0 aliphatic carbocycles. The lowest BCUT2D eigenvalue weighted by molar-refractivity contribution is 0.196. The van der Waals surface area contributed by atoms with Gasteiger partial charge in [0.15, 0.2) is 0 Å². The molecule has 1 N–H and O–H groups in total. The van der Waals surface area contributed by atoms with Crippen LogP contribution >= 0.6 is 0 Å². The monoisotopic (exact) mass is 278 g/mol. The van der Waals surface area contributed by atoms with E-state index in [1.165, 1.54) is 17.7 Å². The SMILES string of the molecule is CCCNC(CC)c1ccccc1N(C)CCCOC. The Kier molecular flexibility index (Phi) is 8.31. The van der Waals surface area contributed by atoms with Gasteiger partial charge in [-0.25, -0.2) is 0 Å². The molecule has 0 radical (unpaired) electrons. The van der Waals surface area contributed by atoms with E-state index in [9.17, 15) is 0 Å². The van der Waals surface area contributed by atoms with Crippen LogP contribution in [0.4, 0.5) is 5.69 Å². The lowest BCUT2D eigenvalue weighted by Crippen LogP contribution is -2.26. The van der Waals surface area contributed by atoms with Gasteiger partial charge >= 0.3 is 0 Å². The average Bonchev–Trinajstić information content (AvgIpc) is 2.48. The number of para-hydroxylation sites is 1. The highest BCUT2D eigenvalue weighted by atomic mass is 16.5. The standard InChI is InChI=1S/C17H30N2O/c1-5-12-18-16(6-2)15-10-7-8-11-17(15)19(3)13-9-14-20-4/h7-8,10-11,16,18H,5-6,9,12-14H2,1-4H3. The molecule has 0 fully saturated rings. The molecule has 3 heteroatoms. The molecule has 0 aliphatic rings. The van der Waals surface area contributed by atoms with E-state index in [4.69, 9.17) is 4.74 Å². The number of anilines is 1. The molecule has 3 nitrogen and oxygen atoms in total. The topological polar surface area (TPSA) is 24.5 Å². The second-order valence-corrected chi connectivity index (χ2v) is 5.24. The molecule has 1 unspecified atom stereocenters. The summed E-state index contributed by atoms with van der Waals surface area (Å²) in [5.41, 5.74) is 2.74. The van der Waals surface area contributed by atoms with Crippen LogP contribution in [0.3, 0.4) is 0 Å². The van der Waals surface area contributed by atoms with Gasteiger partial charge in [-0.1, -0.05) is 32.0 Å². The van der Waals surface area contributed by atoms with Gasteiger partial charge in [-0.15, -0.1) is 0 Å². The third-order valence-corrected chi connectivity index (χ3v) is 3.61. The first-order valence-corrected chi connectivity index (χ1v) is 7.76. The molecular weight excluding hydrogens is 248 g/mol. The average molecular weight is 278 g/mol. The first-order chi connectivity index (χ1) is 9.74. The van der Waals surface area contributed by atoms with Gasteiger partial charge in [0, 0.05) is 39.0 Å². The molecule has 114 valence electrons. The number of nitrogens with zero attached hydrogens (tertiary/aromatic N) is 1. The van der Waals surface area contributed by atoms with Crippen LogP contribution in [0.5, 0.6) is 0 Å². The number of ether oxygens (including phenoxy) is 1. The van der Waals surface area contributed by atoms with Crippen molar-refractivity contribution < 1.29 is 4.74 Å². The highest BCUT2D eigenvalue weighted by molar-refractivity contribution is 5.54. The van der Waals surface area contributed by atoms with Crippen molar-refractivity contribution in [2.45, 2.75) is 39.2 Å². The Morgan fingerprint density at radius 3 is 2.65 bits per heavy atom. The number of benzene rings is 1. The summed E-state index contributed by atoms with van der Waals surface area (Å²) in [5, 5.41) is 3.65. The smallest absolute Gasteiger partial charge is 0.0479 e. The Labute approximate surface area is 124 Å². The van der Waals surface area contributed by atoms with Gasteiger partial charge < -0.3 is 15.0 Å². The van der Waals surface area contributed by atoms with Gasteiger partial charge in [-0.2, -0.15) is 0 Å². The second-order valence-electron chi connectivity index (χ2n) is 5.24. The number of methoxy groups -OCH3 is 1. The molecular formula is C17H30N2O. The maximum Gasteiger partial charge on any atom is 0.0479 e. The summed E-state index contributed by atoms with van der Waals surface area (Å²) in [6.07, 6.45) is 3.34. The van der Waals surface area contributed by atoms with Crippen LogP contribution in [0.25, 0.3) is 0 Å². The molecule has 1 rings (SSSR count). The summed E-state index contributed by atoms with van der Waals surface area (Å²) < 4.78 is 5.14. The largest absolute Gasteiger partial charge is 0.385 e. The van der Waals surface area contributed by atoms with Crippen molar-refractivity contribution in [1.82, 2.24) is 5.32 Å². The molecule has 0 heterocycles. The molecule has 0 bridgehead atoms. The second kappa shape index (κ2) is 9.78. The van der Waals surface area contributed by atoms with Gasteiger partial charge in [-0.05, 0) is 37.4 Å². The molecule has 1 aromatic rings. The lowest BCUT2D eigenvalue weighted by atomic mass is 10.0. The number of rotatable bonds is 10. The van der Waals surface area contributed by atoms with E-state index in [0.717, 1.165) is 32.5 Å². The fraction of sp³-hybridized carbons (Fsp3) is 0.647. The summed E-state index contributed by atoms with van der Waals surface area (Å²) in [6.45, 7) is 7.37. The zero-order valence-corrected chi connectivity index (χ0v) is 13.5. The predicted octanol–water partition coefficient (Wildman–Crippen LogP) is 3.61. The highest BCUT2D eigenvalue weighted by Crippen LogP contribution is 2.27. The van der Waals surface area contributed by atoms with E-state index < -0.39 is 0 Å². The van der Waals surface area contributed by atoms with Crippen molar-refractivity contribution in [2.75, 3.05) is 38.8 Å². The molecule has 1 aromatic carbocycles. The van der Waals surface area contributed by atoms with Crippen LogP contribution in [0, 0.1) is 0 Å². The molecule has 0 saturated carbocycles. The minimum Gasteiger partial charge on any atom is -0.385 e. The van der Waals surface area contributed by atoms with E-state index >= 15 is 0 Å². The number of hydrogen-bond acceptors (Lipinski definition) is 3. The zero-order valence-electron chi connectivity index (χ0n) is 13.5. The molecule has 0 spiro atoms. The highest BCUT2D eigenvalue weighted by Gasteiger charge is 2.14. The van der Waals surface area contributed by atoms with E-state index in [1.807, 2.05) is 0 Å². The Morgan fingerprint density at radius 2 is 2.00 bits per heavy atom. The quantitative estimate of drug-likeness (QED) is 0.662. The van der Waals surface area contributed by atoms with Crippen LogP contribution in [0.15, 0.2) is 24.3 Å². The van der Waals surface area contributed by atoms with E-state index in [-0.39, 0.29) is 0 Å². The maximum atomic E-state index is 5.14. The van der Waals surface area contributed by atoms with E-state index in [1.54, 1.807) is 7.11 Å². The molecule has 0 amide bonds. The van der Waals surface area contributed by atoms with Crippen LogP contribution in [-0.4, -0.2) is 33.9 Å². The van der Waals surface area contributed by atoms with Crippen LogP contribution in [-0.2, 0) is 4.74 Å². The van der Waals surface area contributed by atoms with Gasteiger partial charge in [0.25, 0.3) is 0 Å². The molecule has 20 heavy (non-hydrogen) atoms. The van der Waals surface area contributed by atoms with Gasteiger partial charge in [0.1, 0.15) is 0 Å². The van der Waals surface area contributed by atoms with E-state index in [2.05, 4.69) is 55.4 Å². The Bertz CT molecular complexity index is 368. The van der Waals surface area contributed by atoms with Crippen molar-refractivity contribution in [3.63, 3.8) is 0 Å². The van der Waals surface area contributed by atoms with Crippen LogP contribution in [0.2, 0.25) is 0 Å². The van der Waals surface area contributed by atoms with Crippen molar-refractivity contribution in [1.29, 1.82) is 0 Å². The fourth-order valence-corrected chi connectivity index (χ4v) is 2.49. The Balaban J connectivity index is 2.79. The summed E-state index contributed by atoms with van der Waals surface area (Å²) >= 11 is 0. The van der Waals surface area contributed by atoms with Crippen molar-refractivity contribution in [3.8, 4) is 0 Å². The molecule has 0 saturated heterocycles. The Hall–Kier alpha value is -1.06. The Morgan fingerprint density at radius 1 is 1.25 bits per heavy atom. The normalized spacial score (nSPS) is 12.4. The minimum atomic E-state index is 0.441. The molecule has 0 aromatic heterocycles. The lowest BCUT2D eigenvalue weighted by Gasteiger charge is -2.27. The maximum absolute atomic E-state index is 5.14. The van der Waals surface area contributed by atoms with Crippen molar-refractivity contribution in [3.05, 3.63) is 29.8 Å². The fourth-order valence-electron chi connectivity index (χ4n) is 2.49. The summed E-state index contributed by atoms with van der Waals surface area (Å²) in [5.74, 6) is 0. The number of nitrogens with one attached hydrogen (secondary N) is 1. The van der Waals surface area contributed by atoms with Gasteiger partial charge in [0.05, 0.1) is 0 Å².